The number of aromatic nitrogens is 3. The fraction of sp³-hybridized carbons (Fsp3) is 0.364. The number of hydrogen-bond acceptors (Lipinski definition) is 4. The molecule has 3 fully saturated rings. The summed E-state index contributed by atoms with van der Waals surface area (Å²) in [6, 6.07) is 5.11. The third-order valence-electron chi connectivity index (χ3n) is 6.33. The first-order valence-corrected chi connectivity index (χ1v) is 9.80. The van der Waals surface area contributed by atoms with E-state index in [-0.39, 0.29) is 22.3 Å². The third kappa shape index (κ3) is 2.32. The largest absolute Gasteiger partial charge is 0.354 e. The first-order valence-electron chi connectivity index (χ1n) is 9.42. The molecular formula is C22H20ClN3O2. The molecule has 0 unspecified atom stereocenters. The van der Waals surface area contributed by atoms with Gasteiger partial charge in [0.05, 0.1) is 27.3 Å². The fourth-order valence-electron chi connectivity index (χ4n) is 5.38. The molecule has 6 rings (SSSR count). The van der Waals surface area contributed by atoms with Gasteiger partial charge in [0.2, 0.25) is 0 Å². The van der Waals surface area contributed by atoms with Crippen LogP contribution >= 0.6 is 11.6 Å². The van der Waals surface area contributed by atoms with Gasteiger partial charge < -0.3 is 4.98 Å². The van der Waals surface area contributed by atoms with Crippen molar-refractivity contribution >= 4 is 28.3 Å². The molecule has 5 nitrogen and oxygen atoms in total. The molecule has 3 aromatic heterocycles. The summed E-state index contributed by atoms with van der Waals surface area (Å²) in [5, 5.41) is 0.969. The molecule has 1 N–H and O–H groups in total. The molecule has 142 valence electrons. The average molecular weight is 394 g/mol. The Bertz CT molecular complexity index is 1220. The van der Waals surface area contributed by atoms with Crippen molar-refractivity contribution in [1.82, 2.24) is 15.0 Å². The molecule has 0 aliphatic heterocycles. The van der Waals surface area contributed by atoms with Gasteiger partial charge in [-0.05, 0) is 43.7 Å². The molecule has 3 aliphatic carbocycles. The second-order valence-corrected chi connectivity index (χ2v) is 9.17. The SMILES string of the molecule is CC(=O)c1nccc2[nH]c(-c3cc(Cl)c(C45CC(C)(C4)C5)nc3C)cc(=O)c12. The average Bonchev–Trinajstić information content (AvgIpc) is 2.59. The van der Waals surface area contributed by atoms with Gasteiger partial charge in [-0.3, -0.25) is 19.6 Å². The number of rotatable bonds is 3. The van der Waals surface area contributed by atoms with Gasteiger partial charge in [0, 0.05) is 35.9 Å². The highest BCUT2D eigenvalue weighted by Gasteiger charge is 2.66. The highest BCUT2D eigenvalue weighted by Crippen LogP contribution is 2.73. The van der Waals surface area contributed by atoms with Gasteiger partial charge in [-0.25, -0.2) is 0 Å². The van der Waals surface area contributed by atoms with Crippen molar-refractivity contribution in [3.05, 3.63) is 56.7 Å². The number of aryl methyl sites for hydroxylation is 1. The maximum absolute atomic E-state index is 12.8. The van der Waals surface area contributed by atoms with Gasteiger partial charge in [0.1, 0.15) is 5.69 Å². The summed E-state index contributed by atoms with van der Waals surface area (Å²) in [6.45, 7) is 5.67. The lowest BCUT2D eigenvalue weighted by Gasteiger charge is -2.69. The molecule has 3 heterocycles. The van der Waals surface area contributed by atoms with Crippen LogP contribution in [0, 0.1) is 12.3 Å². The quantitative estimate of drug-likeness (QED) is 0.660. The number of aromatic amines is 1. The van der Waals surface area contributed by atoms with E-state index in [4.69, 9.17) is 16.6 Å². The summed E-state index contributed by atoms with van der Waals surface area (Å²) in [7, 11) is 0. The van der Waals surface area contributed by atoms with Crippen molar-refractivity contribution in [3.63, 3.8) is 0 Å². The molecule has 0 aromatic carbocycles. The zero-order valence-electron chi connectivity index (χ0n) is 16.0. The third-order valence-corrected chi connectivity index (χ3v) is 6.62. The van der Waals surface area contributed by atoms with E-state index in [2.05, 4.69) is 16.9 Å². The summed E-state index contributed by atoms with van der Waals surface area (Å²) >= 11 is 6.63. The fourth-order valence-corrected chi connectivity index (χ4v) is 5.74. The van der Waals surface area contributed by atoms with Crippen LogP contribution < -0.4 is 5.43 Å². The lowest BCUT2D eigenvalue weighted by molar-refractivity contribution is -0.128. The zero-order chi connectivity index (χ0) is 19.8. The standard InChI is InChI=1S/C22H20ClN3O2/c1-11-13(6-14(23)20(25-11)22-8-21(3,9-22)10-22)16-7-17(28)18-15(26-16)4-5-24-19(18)12(2)27/h4-7H,8-10H2,1-3H3,(H,26,28). The van der Waals surface area contributed by atoms with Crippen molar-refractivity contribution in [2.45, 2.75) is 45.4 Å². The number of hydrogen-bond donors (Lipinski definition) is 1. The van der Waals surface area contributed by atoms with E-state index >= 15 is 0 Å². The van der Waals surface area contributed by atoms with Gasteiger partial charge >= 0.3 is 0 Å². The predicted octanol–water partition coefficient (Wildman–Crippen LogP) is 4.59. The summed E-state index contributed by atoms with van der Waals surface area (Å²) in [5.74, 6) is -0.235. The van der Waals surface area contributed by atoms with Crippen molar-refractivity contribution in [1.29, 1.82) is 0 Å². The Hall–Kier alpha value is -2.53. The van der Waals surface area contributed by atoms with Gasteiger partial charge in [0.25, 0.3) is 0 Å². The topological polar surface area (TPSA) is 75.7 Å². The first kappa shape index (κ1) is 17.6. The molecule has 3 aliphatic rings. The van der Waals surface area contributed by atoms with Crippen molar-refractivity contribution in [2.75, 3.05) is 0 Å². The van der Waals surface area contributed by atoms with Crippen LogP contribution in [0.3, 0.4) is 0 Å². The second-order valence-electron chi connectivity index (χ2n) is 8.76. The molecule has 0 saturated heterocycles. The molecule has 2 bridgehead atoms. The Morgan fingerprint density at radius 2 is 1.96 bits per heavy atom. The number of carbonyl (C=O) groups is 1. The number of carbonyl (C=O) groups excluding carboxylic acids is 1. The van der Waals surface area contributed by atoms with Gasteiger partial charge in [0.15, 0.2) is 11.2 Å². The van der Waals surface area contributed by atoms with E-state index in [1.165, 1.54) is 19.2 Å². The molecule has 3 aromatic rings. The van der Waals surface area contributed by atoms with Gasteiger partial charge in [-0.1, -0.05) is 18.5 Å². The Morgan fingerprint density at radius 1 is 1.25 bits per heavy atom. The highest BCUT2D eigenvalue weighted by molar-refractivity contribution is 6.31. The number of nitrogens with zero attached hydrogens (tertiary/aromatic N) is 2. The molecule has 3 saturated carbocycles. The minimum atomic E-state index is -0.242. The molecule has 0 atom stereocenters. The van der Waals surface area contributed by atoms with Crippen LogP contribution in [0.2, 0.25) is 5.02 Å². The second kappa shape index (κ2) is 5.51. The van der Waals surface area contributed by atoms with Crippen molar-refractivity contribution in [2.24, 2.45) is 5.41 Å². The van der Waals surface area contributed by atoms with Crippen LogP contribution in [-0.4, -0.2) is 20.7 Å². The Balaban J connectivity index is 1.64. The molecule has 0 spiro atoms. The van der Waals surface area contributed by atoms with Crippen LogP contribution in [-0.2, 0) is 5.41 Å². The number of fused-ring (bicyclic) bond motifs is 1. The minimum Gasteiger partial charge on any atom is -0.354 e. The number of Topliss-reactive ketones (excluding diaryl/α,β-unsaturated/α-hetero) is 1. The minimum absolute atomic E-state index is 0.147. The Morgan fingerprint density at radius 3 is 2.61 bits per heavy atom. The molecule has 28 heavy (non-hydrogen) atoms. The van der Waals surface area contributed by atoms with Gasteiger partial charge in [-0.15, -0.1) is 0 Å². The number of ketones is 1. The summed E-state index contributed by atoms with van der Waals surface area (Å²) < 4.78 is 0. The first-order chi connectivity index (χ1) is 13.2. The predicted molar refractivity (Wildman–Crippen MR) is 109 cm³/mol. The molecular weight excluding hydrogens is 374 g/mol. The molecule has 0 amide bonds. The molecule has 6 heteroatoms. The van der Waals surface area contributed by atoms with Crippen LogP contribution in [0.15, 0.2) is 29.2 Å². The van der Waals surface area contributed by atoms with E-state index in [0.717, 1.165) is 36.2 Å². The zero-order valence-corrected chi connectivity index (χ0v) is 16.8. The van der Waals surface area contributed by atoms with E-state index in [1.807, 2.05) is 13.0 Å². The van der Waals surface area contributed by atoms with Crippen LogP contribution in [0.5, 0.6) is 0 Å². The van der Waals surface area contributed by atoms with Crippen molar-refractivity contribution < 1.29 is 4.79 Å². The maximum atomic E-state index is 12.8. The van der Waals surface area contributed by atoms with Gasteiger partial charge in [-0.2, -0.15) is 0 Å². The number of H-pyrrole nitrogens is 1. The van der Waals surface area contributed by atoms with E-state index < -0.39 is 0 Å². The summed E-state index contributed by atoms with van der Waals surface area (Å²) in [4.78, 5) is 36.7. The Kier molecular flexibility index (Phi) is 3.45. The molecule has 0 radical (unpaired) electrons. The van der Waals surface area contributed by atoms with E-state index in [1.54, 1.807) is 6.07 Å². The normalized spacial score (nSPS) is 25.3. The van der Waals surface area contributed by atoms with E-state index in [0.29, 0.717) is 27.0 Å². The smallest absolute Gasteiger partial charge is 0.192 e. The highest BCUT2D eigenvalue weighted by atomic mass is 35.5. The number of nitrogens with one attached hydrogen (secondary N) is 1. The lowest BCUT2D eigenvalue weighted by Crippen LogP contribution is -2.63. The van der Waals surface area contributed by atoms with Crippen LogP contribution in [0.1, 0.15) is 55.0 Å². The van der Waals surface area contributed by atoms with Crippen molar-refractivity contribution in [3.8, 4) is 11.3 Å². The van der Waals surface area contributed by atoms with E-state index in [9.17, 15) is 9.59 Å². The summed E-state index contributed by atoms with van der Waals surface area (Å²) in [6.07, 6.45) is 4.99. The van der Waals surface area contributed by atoms with Crippen LogP contribution in [0.25, 0.3) is 22.2 Å². The monoisotopic (exact) mass is 393 g/mol. The number of pyridine rings is 3. The number of halogens is 1. The Labute approximate surface area is 167 Å². The maximum Gasteiger partial charge on any atom is 0.192 e. The lowest BCUT2D eigenvalue weighted by atomic mass is 9.35. The summed E-state index contributed by atoms with van der Waals surface area (Å²) in [5.41, 5.74) is 4.41. The van der Waals surface area contributed by atoms with Crippen LogP contribution in [0.4, 0.5) is 0 Å².